The second-order valence-electron chi connectivity index (χ2n) is 7.24. The quantitative estimate of drug-likeness (QED) is 0.656. The van der Waals surface area contributed by atoms with Gasteiger partial charge in [-0.3, -0.25) is 9.98 Å². The first-order valence-corrected chi connectivity index (χ1v) is 9.55. The molecule has 7 heteroatoms. The van der Waals surface area contributed by atoms with Gasteiger partial charge in [0, 0.05) is 38.8 Å². The van der Waals surface area contributed by atoms with Gasteiger partial charge in [0.1, 0.15) is 5.69 Å². The van der Waals surface area contributed by atoms with E-state index in [1.807, 2.05) is 18.2 Å². The van der Waals surface area contributed by atoms with Gasteiger partial charge in [0.05, 0.1) is 0 Å². The maximum atomic E-state index is 5.31. The molecule has 0 aromatic carbocycles. The summed E-state index contributed by atoms with van der Waals surface area (Å²) in [5, 5.41) is 7.48. The number of nitrogens with zero attached hydrogens (tertiary/aromatic N) is 5. The molecule has 2 aromatic rings. The van der Waals surface area contributed by atoms with E-state index in [9.17, 15) is 0 Å². The molecule has 0 unspecified atom stereocenters. The number of rotatable bonds is 5. The van der Waals surface area contributed by atoms with Crippen molar-refractivity contribution in [2.75, 3.05) is 26.2 Å². The summed E-state index contributed by atoms with van der Waals surface area (Å²) in [6, 6.07) is 5.64. The van der Waals surface area contributed by atoms with Crippen LogP contribution in [0.3, 0.4) is 0 Å². The van der Waals surface area contributed by atoms with Gasteiger partial charge in [0.25, 0.3) is 5.89 Å². The molecular weight excluding hydrogens is 328 g/mol. The van der Waals surface area contributed by atoms with E-state index in [1.54, 1.807) is 6.20 Å². The Hall–Kier alpha value is -2.44. The fraction of sp³-hybridized carbons (Fsp3) is 0.579. The third-order valence-electron chi connectivity index (χ3n) is 5.44. The molecule has 1 N–H and O–H groups in total. The van der Waals surface area contributed by atoms with Gasteiger partial charge < -0.3 is 14.7 Å². The molecule has 7 nitrogen and oxygen atoms in total. The minimum absolute atomic E-state index is 0.461. The smallest absolute Gasteiger partial charge is 0.276 e. The van der Waals surface area contributed by atoms with E-state index in [0.29, 0.717) is 35.8 Å². The molecule has 1 aliphatic heterocycles. The highest BCUT2D eigenvalue weighted by molar-refractivity contribution is 5.80. The Balaban J connectivity index is 1.36. The zero-order valence-electron chi connectivity index (χ0n) is 15.3. The zero-order chi connectivity index (χ0) is 17.8. The average Bonchev–Trinajstić information content (AvgIpc) is 3.29. The van der Waals surface area contributed by atoms with Crippen molar-refractivity contribution in [1.29, 1.82) is 0 Å². The van der Waals surface area contributed by atoms with E-state index in [2.05, 4.69) is 32.3 Å². The van der Waals surface area contributed by atoms with Crippen LogP contribution in [0.15, 0.2) is 33.9 Å². The molecule has 0 radical (unpaired) electrons. The third-order valence-corrected chi connectivity index (χ3v) is 5.44. The second-order valence-corrected chi connectivity index (χ2v) is 7.24. The van der Waals surface area contributed by atoms with Crippen LogP contribution >= 0.6 is 0 Å². The first-order chi connectivity index (χ1) is 12.8. The van der Waals surface area contributed by atoms with Crippen LogP contribution in [0.4, 0.5) is 0 Å². The van der Waals surface area contributed by atoms with Crippen LogP contribution < -0.4 is 5.32 Å². The molecule has 1 saturated carbocycles. The molecule has 3 heterocycles. The Morgan fingerprint density at radius 1 is 1.35 bits per heavy atom. The lowest BCUT2D eigenvalue weighted by Gasteiger charge is -2.38. The van der Waals surface area contributed by atoms with Crippen LogP contribution in [0.2, 0.25) is 0 Å². The molecule has 4 rings (SSSR count). The molecule has 0 atom stereocenters. The number of pyridine rings is 1. The van der Waals surface area contributed by atoms with Crippen LogP contribution in [-0.4, -0.2) is 52.2 Å². The van der Waals surface area contributed by atoms with E-state index < -0.39 is 0 Å². The molecule has 2 aromatic heterocycles. The van der Waals surface area contributed by atoms with Crippen molar-refractivity contribution in [2.24, 2.45) is 10.4 Å². The molecule has 0 bridgehead atoms. The molecule has 1 saturated heterocycles. The molecule has 2 aliphatic rings. The van der Waals surface area contributed by atoms with Crippen molar-refractivity contribution < 1.29 is 4.52 Å². The molecule has 0 amide bonds. The van der Waals surface area contributed by atoms with E-state index in [4.69, 9.17) is 9.52 Å². The molecule has 1 aliphatic carbocycles. The standard InChI is InChI=1S/C19H26N6O/c1-2-20-18(25-13-10-19(14-25)8-5-9-19)22-12-7-16-23-17(26-24-16)15-6-3-4-11-21-15/h3-4,6,11H,2,5,7-10,12-14H2,1H3,(H,20,22). The first-order valence-electron chi connectivity index (χ1n) is 9.55. The second kappa shape index (κ2) is 7.43. The molecule has 2 fully saturated rings. The minimum atomic E-state index is 0.461. The maximum Gasteiger partial charge on any atom is 0.276 e. The summed E-state index contributed by atoms with van der Waals surface area (Å²) < 4.78 is 5.31. The van der Waals surface area contributed by atoms with Crippen LogP contribution in [0, 0.1) is 5.41 Å². The lowest BCUT2D eigenvalue weighted by atomic mass is 9.68. The van der Waals surface area contributed by atoms with Crippen LogP contribution in [-0.2, 0) is 6.42 Å². The SMILES string of the molecule is CCNC(=NCCc1noc(-c2ccccn2)n1)N1CCC2(CCC2)C1. The summed E-state index contributed by atoms with van der Waals surface area (Å²) in [5.74, 6) is 2.15. The summed E-state index contributed by atoms with van der Waals surface area (Å²) >= 11 is 0. The Kier molecular flexibility index (Phi) is 4.86. The van der Waals surface area contributed by atoms with Gasteiger partial charge in [-0.2, -0.15) is 4.98 Å². The highest BCUT2D eigenvalue weighted by atomic mass is 16.5. The van der Waals surface area contributed by atoms with Gasteiger partial charge in [0.15, 0.2) is 11.8 Å². The van der Waals surface area contributed by atoms with Crippen molar-refractivity contribution in [3.63, 3.8) is 0 Å². The van der Waals surface area contributed by atoms with Crippen molar-refractivity contribution in [2.45, 2.75) is 39.0 Å². The summed E-state index contributed by atoms with van der Waals surface area (Å²) in [5.41, 5.74) is 1.27. The van der Waals surface area contributed by atoms with E-state index in [-0.39, 0.29) is 0 Å². The fourth-order valence-corrected chi connectivity index (χ4v) is 3.84. The number of hydrogen-bond donors (Lipinski definition) is 1. The summed E-state index contributed by atoms with van der Waals surface area (Å²) in [6.45, 7) is 5.90. The number of aliphatic imine (C=N–C) groups is 1. The average molecular weight is 354 g/mol. The third kappa shape index (κ3) is 3.57. The number of guanidine groups is 1. The van der Waals surface area contributed by atoms with Crippen molar-refractivity contribution in [3.8, 4) is 11.6 Å². The van der Waals surface area contributed by atoms with Gasteiger partial charge >= 0.3 is 0 Å². The highest BCUT2D eigenvalue weighted by Gasteiger charge is 2.43. The van der Waals surface area contributed by atoms with E-state index in [1.165, 1.54) is 25.7 Å². The topological polar surface area (TPSA) is 79.4 Å². The number of aromatic nitrogens is 3. The highest BCUT2D eigenvalue weighted by Crippen LogP contribution is 2.47. The van der Waals surface area contributed by atoms with Crippen LogP contribution in [0.5, 0.6) is 0 Å². The van der Waals surface area contributed by atoms with Gasteiger partial charge in [-0.05, 0) is 43.7 Å². The maximum absolute atomic E-state index is 5.31. The molecular formula is C19H26N6O. The minimum Gasteiger partial charge on any atom is -0.357 e. The van der Waals surface area contributed by atoms with Gasteiger partial charge in [0.2, 0.25) is 0 Å². The summed E-state index contributed by atoms with van der Waals surface area (Å²) in [6.07, 6.45) is 7.82. The Morgan fingerprint density at radius 2 is 2.27 bits per heavy atom. The van der Waals surface area contributed by atoms with E-state index >= 15 is 0 Å². The molecule has 1 spiro atoms. The van der Waals surface area contributed by atoms with Crippen molar-refractivity contribution >= 4 is 5.96 Å². The number of hydrogen-bond acceptors (Lipinski definition) is 5. The zero-order valence-corrected chi connectivity index (χ0v) is 15.3. The van der Waals surface area contributed by atoms with Crippen molar-refractivity contribution in [3.05, 3.63) is 30.2 Å². The fourth-order valence-electron chi connectivity index (χ4n) is 3.84. The van der Waals surface area contributed by atoms with E-state index in [0.717, 1.165) is 25.6 Å². The molecule has 138 valence electrons. The van der Waals surface area contributed by atoms with Crippen LogP contribution in [0.25, 0.3) is 11.6 Å². The van der Waals surface area contributed by atoms with Gasteiger partial charge in [-0.1, -0.05) is 17.6 Å². The summed E-state index contributed by atoms with van der Waals surface area (Å²) in [4.78, 5) is 15.9. The van der Waals surface area contributed by atoms with Gasteiger partial charge in [-0.15, -0.1) is 0 Å². The lowest BCUT2D eigenvalue weighted by Crippen LogP contribution is -2.42. The predicted molar refractivity (Wildman–Crippen MR) is 99.7 cm³/mol. The predicted octanol–water partition coefficient (Wildman–Crippen LogP) is 2.52. The summed E-state index contributed by atoms with van der Waals surface area (Å²) in [7, 11) is 0. The monoisotopic (exact) mass is 354 g/mol. The van der Waals surface area contributed by atoms with Gasteiger partial charge in [-0.25, -0.2) is 0 Å². The van der Waals surface area contributed by atoms with Crippen molar-refractivity contribution in [1.82, 2.24) is 25.3 Å². The lowest BCUT2D eigenvalue weighted by molar-refractivity contribution is 0.151. The Morgan fingerprint density at radius 3 is 2.96 bits per heavy atom. The Bertz CT molecular complexity index is 752. The van der Waals surface area contributed by atoms with Crippen LogP contribution in [0.1, 0.15) is 38.4 Å². The molecule has 26 heavy (non-hydrogen) atoms. The normalized spacial score (nSPS) is 19.0. The number of nitrogens with one attached hydrogen (secondary N) is 1. The number of likely N-dealkylation sites (tertiary alicyclic amines) is 1. The Labute approximate surface area is 153 Å². The largest absolute Gasteiger partial charge is 0.357 e. The first kappa shape index (κ1) is 17.0.